The number of nitrogens with zero attached hydrogens (tertiary/aromatic N) is 1. The van der Waals surface area contributed by atoms with Crippen LogP contribution >= 0.6 is 11.6 Å². The van der Waals surface area contributed by atoms with Crippen LogP contribution in [-0.2, 0) is 0 Å². The van der Waals surface area contributed by atoms with Crippen molar-refractivity contribution in [1.29, 1.82) is 0 Å². The Morgan fingerprint density at radius 2 is 2.41 bits per heavy atom. The van der Waals surface area contributed by atoms with E-state index < -0.39 is 0 Å². The quantitative estimate of drug-likeness (QED) is 0.882. The molecule has 94 valence electrons. The van der Waals surface area contributed by atoms with Gasteiger partial charge in [0.1, 0.15) is 0 Å². The van der Waals surface area contributed by atoms with E-state index in [9.17, 15) is 4.79 Å². The van der Waals surface area contributed by atoms with Crippen molar-refractivity contribution in [2.24, 2.45) is 11.7 Å². The molecule has 5 heteroatoms. The first-order chi connectivity index (χ1) is 8.08. The highest BCUT2D eigenvalue weighted by Crippen LogP contribution is 2.22. The second-order valence-electron chi connectivity index (χ2n) is 4.62. The summed E-state index contributed by atoms with van der Waals surface area (Å²) in [6.45, 7) is 3.46. The van der Waals surface area contributed by atoms with Crippen LogP contribution in [0, 0.1) is 5.92 Å². The molecule has 0 spiro atoms. The van der Waals surface area contributed by atoms with Crippen LogP contribution in [0.5, 0.6) is 0 Å². The van der Waals surface area contributed by atoms with E-state index in [1.165, 1.54) is 0 Å². The molecule has 2 heterocycles. The molecule has 1 aromatic heterocycles. The van der Waals surface area contributed by atoms with E-state index in [1.807, 2.05) is 6.92 Å². The summed E-state index contributed by atoms with van der Waals surface area (Å²) in [5.41, 5.74) is 5.89. The van der Waals surface area contributed by atoms with Gasteiger partial charge in [-0.2, -0.15) is 0 Å². The molecule has 1 amide bonds. The lowest BCUT2D eigenvalue weighted by molar-refractivity contribution is 0.0629. The largest absolute Gasteiger partial charge is 0.440 e. The highest BCUT2D eigenvalue weighted by molar-refractivity contribution is 6.29. The second kappa shape index (κ2) is 5.10. The number of piperidine rings is 1. The minimum Gasteiger partial charge on any atom is -0.440 e. The van der Waals surface area contributed by atoms with Crippen LogP contribution in [0.3, 0.4) is 0 Å². The number of rotatable bonds is 2. The molecule has 17 heavy (non-hydrogen) atoms. The molecule has 2 rings (SSSR count). The summed E-state index contributed by atoms with van der Waals surface area (Å²) < 4.78 is 5.14. The summed E-state index contributed by atoms with van der Waals surface area (Å²) in [6.07, 6.45) is 2.08. The topological polar surface area (TPSA) is 59.5 Å². The molecule has 0 bridgehead atoms. The predicted octanol–water partition coefficient (Wildman–Crippen LogP) is 2.13. The van der Waals surface area contributed by atoms with E-state index in [-0.39, 0.29) is 17.2 Å². The lowest BCUT2D eigenvalue weighted by Crippen LogP contribution is -2.44. The molecule has 4 nitrogen and oxygen atoms in total. The normalized spacial score (nSPS) is 22.5. The van der Waals surface area contributed by atoms with Crippen molar-refractivity contribution in [3.63, 3.8) is 0 Å². The van der Waals surface area contributed by atoms with Crippen LogP contribution in [-0.4, -0.2) is 29.9 Å². The Kier molecular flexibility index (Phi) is 3.74. The van der Waals surface area contributed by atoms with Crippen LogP contribution in [0.15, 0.2) is 16.5 Å². The number of nitrogens with two attached hydrogens (primary N) is 1. The lowest BCUT2D eigenvalue weighted by Gasteiger charge is -2.34. The summed E-state index contributed by atoms with van der Waals surface area (Å²) in [5, 5.41) is 0.245. The van der Waals surface area contributed by atoms with Crippen molar-refractivity contribution < 1.29 is 9.21 Å². The third-order valence-electron chi connectivity index (χ3n) is 3.27. The van der Waals surface area contributed by atoms with E-state index in [2.05, 4.69) is 0 Å². The van der Waals surface area contributed by atoms with Gasteiger partial charge in [0, 0.05) is 19.1 Å². The summed E-state index contributed by atoms with van der Waals surface area (Å²) in [6, 6.07) is 3.31. The first-order valence-corrected chi connectivity index (χ1v) is 6.26. The van der Waals surface area contributed by atoms with Crippen molar-refractivity contribution in [3.8, 4) is 0 Å². The van der Waals surface area contributed by atoms with Crippen molar-refractivity contribution in [1.82, 2.24) is 4.90 Å². The maximum atomic E-state index is 12.1. The summed E-state index contributed by atoms with van der Waals surface area (Å²) in [7, 11) is 0. The Morgan fingerprint density at radius 1 is 1.65 bits per heavy atom. The molecule has 0 radical (unpaired) electrons. The van der Waals surface area contributed by atoms with Gasteiger partial charge in [0.25, 0.3) is 5.91 Å². The van der Waals surface area contributed by atoms with E-state index in [0.717, 1.165) is 19.4 Å². The van der Waals surface area contributed by atoms with Crippen LogP contribution < -0.4 is 5.73 Å². The third kappa shape index (κ3) is 2.82. The van der Waals surface area contributed by atoms with Crippen molar-refractivity contribution in [2.45, 2.75) is 25.8 Å². The zero-order chi connectivity index (χ0) is 12.4. The number of carbonyl (C=O) groups excluding carboxylic acids is 1. The molecule has 2 atom stereocenters. The fourth-order valence-corrected chi connectivity index (χ4v) is 2.35. The Hall–Kier alpha value is -1.00. The van der Waals surface area contributed by atoms with Crippen LogP contribution in [0.25, 0.3) is 0 Å². The fourth-order valence-electron chi connectivity index (χ4n) is 2.21. The molecule has 1 aromatic rings. The van der Waals surface area contributed by atoms with E-state index >= 15 is 0 Å². The number of hydrogen-bond acceptors (Lipinski definition) is 3. The van der Waals surface area contributed by atoms with Crippen LogP contribution in [0.1, 0.15) is 30.3 Å². The maximum absolute atomic E-state index is 12.1. The van der Waals surface area contributed by atoms with Crippen LogP contribution in [0.2, 0.25) is 5.22 Å². The van der Waals surface area contributed by atoms with Gasteiger partial charge in [-0.3, -0.25) is 4.79 Å². The number of furan rings is 1. The number of likely N-dealkylation sites (tertiary alicyclic amines) is 1. The van der Waals surface area contributed by atoms with Crippen LogP contribution in [0.4, 0.5) is 0 Å². The molecule has 1 aliphatic rings. The Morgan fingerprint density at radius 3 is 3.00 bits per heavy atom. The van der Waals surface area contributed by atoms with E-state index in [1.54, 1.807) is 17.0 Å². The summed E-state index contributed by atoms with van der Waals surface area (Å²) in [5.74, 6) is 0.584. The van der Waals surface area contributed by atoms with Gasteiger partial charge in [0.2, 0.25) is 0 Å². The zero-order valence-corrected chi connectivity index (χ0v) is 10.6. The van der Waals surface area contributed by atoms with Gasteiger partial charge < -0.3 is 15.1 Å². The predicted molar refractivity (Wildman–Crippen MR) is 66.0 cm³/mol. The number of halogens is 1. The van der Waals surface area contributed by atoms with E-state index in [4.69, 9.17) is 21.8 Å². The number of hydrogen-bond donors (Lipinski definition) is 1. The Bertz CT molecular complexity index is 403. The first-order valence-electron chi connectivity index (χ1n) is 5.88. The molecule has 2 unspecified atom stereocenters. The van der Waals surface area contributed by atoms with Gasteiger partial charge in [0.15, 0.2) is 11.0 Å². The van der Waals surface area contributed by atoms with Gasteiger partial charge in [0.05, 0.1) is 0 Å². The minimum absolute atomic E-state index is 0.0951. The van der Waals surface area contributed by atoms with Gasteiger partial charge >= 0.3 is 0 Å². The molecule has 1 aliphatic heterocycles. The monoisotopic (exact) mass is 256 g/mol. The maximum Gasteiger partial charge on any atom is 0.289 e. The molecule has 0 aliphatic carbocycles. The lowest BCUT2D eigenvalue weighted by atomic mass is 9.92. The molecule has 1 fully saturated rings. The van der Waals surface area contributed by atoms with Gasteiger partial charge in [-0.25, -0.2) is 0 Å². The van der Waals surface area contributed by atoms with Gasteiger partial charge in [-0.05, 0) is 49.4 Å². The zero-order valence-electron chi connectivity index (χ0n) is 9.86. The smallest absolute Gasteiger partial charge is 0.289 e. The second-order valence-corrected chi connectivity index (χ2v) is 4.99. The highest BCUT2D eigenvalue weighted by atomic mass is 35.5. The van der Waals surface area contributed by atoms with Gasteiger partial charge in [-0.15, -0.1) is 0 Å². The molecular formula is C12H17ClN2O2. The summed E-state index contributed by atoms with van der Waals surface area (Å²) in [4.78, 5) is 13.9. The Balaban J connectivity index is 2.04. The number of carbonyl (C=O) groups is 1. The SMILES string of the molecule is CC(N)C1CCCN(C(=O)c2ccc(Cl)o2)C1. The summed E-state index contributed by atoms with van der Waals surface area (Å²) >= 11 is 5.67. The van der Waals surface area contributed by atoms with Crippen molar-refractivity contribution in [2.75, 3.05) is 13.1 Å². The molecule has 0 aromatic carbocycles. The highest BCUT2D eigenvalue weighted by Gasteiger charge is 2.27. The molecule has 1 saturated heterocycles. The van der Waals surface area contributed by atoms with E-state index in [0.29, 0.717) is 18.2 Å². The first kappa shape index (κ1) is 12.5. The average molecular weight is 257 g/mol. The van der Waals surface area contributed by atoms with Crippen molar-refractivity contribution in [3.05, 3.63) is 23.1 Å². The third-order valence-corrected chi connectivity index (χ3v) is 3.48. The average Bonchev–Trinajstić information content (AvgIpc) is 2.75. The molecule has 0 saturated carbocycles. The standard InChI is InChI=1S/C12H17ClN2O2/c1-8(14)9-3-2-6-15(7-9)12(16)10-4-5-11(13)17-10/h4-5,8-9H,2-3,6-7,14H2,1H3. The number of amides is 1. The molecular weight excluding hydrogens is 240 g/mol. The van der Waals surface area contributed by atoms with Gasteiger partial charge in [-0.1, -0.05) is 0 Å². The minimum atomic E-state index is -0.0951. The Labute approximate surface area is 106 Å². The fraction of sp³-hybridized carbons (Fsp3) is 0.583. The van der Waals surface area contributed by atoms with Crippen molar-refractivity contribution >= 4 is 17.5 Å². The molecule has 2 N–H and O–H groups in total.